The Labute approximate surface area is 223 Å². The Balaban J connectivity index is 0.000000321. The van der Waals surface area contributed by atoms with Gasteiger partial charge in [0.2, 0.25) is 5.69 Å². The van der Waals surface area contributed by atoms with Crippen LogP contribution >= 0.6 is 0 Å². The number of nitrogen functional groups attached to an aromatic ring is 1. The summed E-state index contributed by atoms with van der Waals surface area (Å²) < 4.78 is 2.29. The van der Waals surface area contributed by atoms with Gasteiger partial charge in [-0.05, 0) is 24.1 Å². The maximum Gasteiger partial charge on any atom is 2.00 e. The number of rotatable bonds is 7. The van der Waals surface area contributed by atoms with Crippen molar-refractivity contribution in [3.63, 3.8) is 0 Å². The van der Waals surface area contributed by atoms with Crippen LogP contribution in [0.3, 0.4) is 0 Å². The number of para-hydroxylation sites is 1. The van der Waals surface area contributed by atoms with Gasteiger partial charge >= 0.3 is 19.8 Å². The molecule has 36 heavy (non-hydrogen) atoms. The van der Waals surface area contributed by atoms with Gasteiger partial charge in [-0.25, -0.2) is 0 Å². The van der Waals surface area contributed by atoms with Crippen LogP contribution in [0.5, 0.6) is 0 Å². The molecule has 3 aromatic carbocycles. The molecule has 9 heteroatoms. The summed E-state index contributed by atoms with van der Waals surface area (Å²) in [7, 11) is 3.56. The standard InChI is InChI=1S/C19H18N3O2.C8H10N3.Os/c1-21-18(23)17(20-13-12-15-8-4-2-5-9-15)14-22(19(21)24)16-10-6-3-7-11-16;9-5-6-1-3-7(4-2-6)8(10)11;/h2-11,14,20H,1,12-13H2;1-4,9H,5H2,(H3,10,11);/q2*-1;+2. The Kier molecular flexibility index (Phi) is 10.9. The van der Waals surface area contributed by atoms with Gasteiger partial charge in [-0.2, -0.15) is 0 Å². The van der Waals surface area contributed by atoms with Gasteiger partial charge in [-0.3, -0.25) is 5.41 Å². The SMILES string of the molecule is N=C(N)c1ccc(C[NH-])cc1.[CH2-]n1c(=O)c(NCCc2ccccc2)cn(-c2ccccc2)c1=O.[Os+2]. The van der Waals surface area contributed by atoms with Crippen LogP contribution in [-0.2, 0) is 32.8 Å². The van der Waals surface area contributed by atoms with Crippen LogP contribution < -0.4 is 22.3 Å². The van der Waals surface area contributed by atoms with E-state index in [0.29, 0.717) is 23.5 Å². The topological polar surface area (TPSA) is 130 Å². The van der Waals surface area contributed by atoms with E-state index in [-0.39, 0.29) is 32.2 Å². The van der Waals surface area contributed by atoms with Crippen molar-refractivity contribution in [3.05, 3.63) is 141 Å². The van der Waals surface area contributed by atoms with Crippen LogP contribution in [-0.4, -0.2) is 21.5 Å². The summed E-state index contributed by atoms with van der Waals surface area (Å²) in [5.41, 5.74) is 15.2. The number of hydrogen-bond acceptors (Lipinski definition) is 4. The quantitative estimate of drug-likeness (QED) is 0.158. The number of nitrogens with one attached hydrogen (secondary N) is 3. The molecule has 4 rings (SSSR count). The minimum Gasteiger partial charge on any atom is -0.674 e. The molecule has 186 valence electrons. The van der Waals surface area contributed by atoms with E-state index in [1.165, 1.54) is 16.3 Å². The van der Waals surface area contributed by atoms with Gasteiger partial charge in [-0.1, -0.05) is 78.4 Å². The van der Waals surface area contributed by atoms with Gasteiger partial charge in [-0.15, -0.1) is 13.6 Å². The summed E-state index contributed by atoms with van der Waals surface area (Å²) in [6, 6.07) is 26.3. The normalized spacial score (nSPS) is 9.92. The number of amidine groups is 1. The number of aromatic nitrogens is 2. The van der Waals surface area contributed by atoms with Crippen molar-refractivity contribution in [3.8, 4) is 5.69 Å². The number of benzene rings is 3. The Hall–Kier alpha value is -3.92. The molecule has 0 atom stereocenters. The fraction of sp³-hybridized carbons (Fsp3) is 0.111. The second-order valence-corrected chi connectivity index (χ2v) is 7.71. The van der Waals surface area contributed by atoms with Gasteiger partial charge in [0.05, 0.1) is 5.69 Å². The molecule has 4 aromatic rings. The van der Waals surface area contributed by atoms with E-state index in [0.717, 1.165) is 16.6 Å². The van der Waals surface area contributed by atoms with Crippen molar-refractivity contribution in [2.75, 3.05) is 11.9 Å². The number of anilines is 1. The average molecular weight is 659 g/mol. The summed E-state index contributed by atoms with van der Waals surface area (Å²) in [4.78, 5) is 24.5. The van der Waals surface area contributed by atoms with Crippen molar-refractivity contribution >= 4 is 11.5 Å². The van der Waals surface area contributed by atoms with E-state index < -0.39 is 11.2 Å². The first-order valence-electron chi connectivity index (χ1n) is 11.0. The van der Waals surface area contributed by atoms with Gasteiger partial charge in [0, 0.05) is 24.0 Å². The molecular formula is C27H28N6O2Os. The fourth-order valence-electron chi connectivity index (χ4n) is 3.29. The zero-order valence-corrected chi connectivity index (χ0v) is 22.2. The predicted octanol–water partition coefficient (Wildman–Crippen LogP) is 3.81. The van der Waals surface area contributed by atoms with Crippen molar-refractivity contribution in [1.29, 1.82) is 5.41 Å². The van der Waals surface area contributed by atoms with Crippen LogP contribution in [0.4, 0.5) is 5.69 Å². The summed E-state index contributed by atoms with van der Waals surface area (Å²) >= 11 is 0. The average Bonchev–Trinajstić information content (AvgIpc) is 2.90. The van der Waals surface area contributed by atoms with E-state index in [4.69, 9.17) is 16.9 Å². The van der Waals surface area contributed by atoms with Crippen molar-refractivity contribution in [2.24, 2.45) is 5.73 Å². The first-order valence-corrected chi connectivity index (χ1v) is 11.0. The maximum atomic E-state index is 12.3. The molecule has 0 spiro atoms. The van der Waals surface area contributed by atoms with E-state index in [9.17, 15) is 9.59 Å². The zero-order valence-electron chi connectivity index (χ0n) is 19.6. The minimum absolute atomic E-state index is 0. The fourth-order valence-corrected chi connectivity index (χ4v) is 3.29. The molecule has 1 aromatic heterocycles. The first kappa shape index (κ1) is 28.3. The van der Waals surface area contributed by atoms with Gasteiger partial charge < -0.3 is 35.5 Å². The van der Waals surface area contributed by atoms with Crippen molar-refractivity contribution in [1.82, 2.24) is 9.13 Å². The molecule has 0 aliphatic heterocycles. The zero-order chi connectivity index (χ0) is 25.2. The molecule has 1 heterocycles. The van der Waals surface area contributed by atoms with Crippen LogP contribution in [0, 0.1) is 12.5 Å². The molecule has 0 aliphatic carbocycles. The minimum atomic E-state index is -0.472. The van der Waals surface area contributed by atoms with Crippen LogP contribution in [0.15, 0.2) is 101 Å². The Morgan fingerprint density at radius 2 is 1.50 bits per heavy atom. The second kappa shape index (κ2) is 13.8. The third kappa shape index (κ3) is 7.54. The smallest absolute Gasteiger partial charge is 0.674 e. The van der Waals surface area contributed by atoms with Crippen molar-refractivity contribution in [2.45, 2.75) is 13.0 Å². The summed E-state index contributed by atoms with van der Waals surface area (Å²) in [6.45, 7) is 0.866. The number of nitrogens with zero attached hydrogens (tertiary/aromatic N) is 2. The molecule has 0 fully saturated rings. The maximum absolute atomic E-state index is 12.3. The molecule has 0 aliphatic rings. The molecule has 0 amide bonds. The molecule has 0 saturated carbocycles. The van der Waals surface area contributed by atoms with Gasteiger partial charge in [0.1, 0.15) is 5.84 Å². The Bertz CT molecular complexity index is 1370. The number of nitrogens with two attached hydrogens (primary N) is 1. The molecular weight excluding hydrogens is 631 g/mol. The Morgan fingerprint density at radius 3 is 2.06 bits per heavy atom. The second-order valence-electron chi connectivity index (χ2n) is 7.71. The van der Waals surface area contributed by atoms with Crippen LogP contribution in [0.1, 0.15) is 16.7 Å². The van der Waals surface area contributed by atoms with E-state index in [1.54, 1.807) is 24.3 Å². The third-order valence-electron chi connectivity index (χ3n) is 5.25. The summed E-state index contributed by atoms with van der Waals surface area (Å²) in [6.07, 6.45) is 2.31. The Morgan fingerprint density at radius 1 is 0.917 bits per heavy atom. The summed E-state index contributed by atoms with van der Waals surface area (Å²) in [5.74, 6) is 0.0709. The van der Waals surface area contributed by atoms with Crippen molar-refractivity contribution < 1.29 is 19.8 Å². The van der Waals surface area contributed by atoms with E-state index >= 15 is 0 Å². The molecule has 5 N–H and O–H groups in total. The number of hydrogen-bond donors (Lipinski definition) is 3. The molecule has 0 radical (unpaired) electrons. The monoisotopic (exact) mass is 660 g/mol. The molecule has 0 unspecified atom stereocenters. The molecule has 0 saturated heterocycles. The largest absolute Gasteiger partial charge is 2.00 e. The van der Waals surface area contributed by atoms with E-state index in [1.807, 2.05) is 60.7 Å². The van der Waals surface area contributed by atoms with Gasteiger partial charge in [0.25, 0.3) is 0 Å². The van der Waals surface area contributed by atoms with Crippen LogP contribution in [0.25, 0.3) is 11.4 Å². The molecule has 0 bridgehead atoms. The third-order valence-corrected chi connectivity index (χ3v) is 5.25. The van der Waals surface area contributed by atoms with E-state index in [2.05, 4.69) is 12.4 Å². The molecule has 8 nitrogen and oxygen atoms in total. The summed E-state index contributed by atoms with van der Waals surface area (Å²) in [5, 5.41) is 10.2. The van der Waals surface area contributed by atoms with Crippen LogP contribution in [0.2, 0.25) is 0 Å². The van der Waals surface area contributed by atoms with Gasteiger partial charge in [0.15, 0.2) is 5.56 Å². The first-order chi connectivity index (χ1) is 16.9. The predicted molar refractivity (Wildman–Crippen MR) is 141 cm³/mol.